The zero-order chi connectivity index (χ0) is 9.02. The molecule has 66 valence electrons. The minimum atomic E-state index is -0.992. The van der Waals surface area contributed by atoms with Crippen LogP contribution in [-0.2, 0) is 4.79 Å². The molecule has 0 radical (unpaired) electrons. The van der Waals surface area contributed by atoms with Crippen LogP contribution in [0.3, 0.4) is 0 Å². The lowest BCUT2D eigenvalue weighted by Gasteiger charge is -2.24. The van der Waals surface area contributed by atoms with Gasteiger partial charge in [0.25, 0.3) is 5.91 Å². The first-order chi connectivity index (χ1) is 5.00. The number of amides is 1. The summed E-state index contributed by atoms with van der Waals surface area (Å²) in [5.41, 5.74) is 0. The van der Waals surface area contributed by atoms with Gasteiger partial charge < -0.3 is 15.1 Å². The molecule has 0 heterocycles. The number of aliphatic hydroxyl groups excluding tert-OH is 2. The van der Waals surface area contributed by atoms with Gasteiger partial charge in [-0.15, -0.1) is 0 Å². The second-order valence-corrected chi connectivity index (χ2v) is 2.66. The molecule has 0 fully saturated rings. The first-order valence-corrected chi connectivity index (χ1v) is 3.56. The van der Waals surface area contributed by atoms with Crippen LogP contribution in [0.5, 0.6) is 0 Å². The van der Waals surface area contributed by atoms with Crippen molar-refractivity contribution in [1.82, 2.24) is 4.90 Å². The van der Waals surface area contributed by atoms with E-state index in [1.165, 1.54) is 11.8 Å². The first-order valence-electron chi connectivity index (χ1n) is 3.56. The third kappa shape index (κ3) is 2.86. The van der Waals surface area contributed by atoms with E-state index >= 15 is 0 Å². The maximum Gasteiger partial charge on any atom is 0.251 e. The number of nitrogens with zero attached hydrogens (tertiary/aromatic N) is 1. The van der Waals surface area contributed by atoms with Crippen molar-refractivity contribution in [1.29, 1.82) is 0 Å². The molecular formula is C7H15NO3. The molecule has 11 heavy (non-hydrogen) atoms. The van der Waals surface area contributed by atoms with E-state index in [9.17, 15) is 4.79 Å². The largest absolute Gasteiger partial charge is 0.394 e. The van der Waals surface area contributed by atoms with E-state index in [4.69, 9.17) is 10.2 Å². The molecule has 2 atom stereocenters. The molecule has 0 bridgehead atoms. The zero-order valence-electron chi connectivity index (χ0n) is 7.11. The molecule has 2 N–H and O–H groups in total. The number of hydrogen-bond acceptors (Lipinski definition) is 3. The van der Waals surface area contributed by atoms with Gasteiger partial charge in [0, 0.05) is 7.05 Å². The van der Waals surface area contributed by atoms with Crippen molar-refractivity contribution in [2.45, 2.75) is 26.0 Å². The fourth-order valence-electron chi connectivity index (χ4n) is 0.634. The number of hydrogen-bond donors (Lipinski definition) is 2. The van der Waals surface area contributed by atoms with E-state index in [-0.39, 0.29) is 18.6 Å². The highest BCUT2D eigenvalue weighted by Gasteiger charge is 2.18. The third-order valence-corrected chi connectivity index (χ3v) is 1.63. The predicted molar refractivity (Wildman–Crippen MR) is 41.0 cm³/mol. The number of carbonyl (C=O) groups is 1. The molecule has 0 saturated heterocycles. The standard InChI is InChI=1S/C7H15NO3/c1-5(4-9)8(3)7(11)6(2)10/h5-6,9-10H,4H2,1-3H3/t5-,6?/m0/s1. The summed E-state index contributed by atoms with van der Waals surface area (Å²) in [4.78, 5) is 12.3. The van der Waals surface area contributed by atoms with Crippen LogP contribution in [-0.4, -0.2) is 46.8 Å². The zero-order valence-corrected chi connectivity index (χ0v) is 7.11. The Hall–Kier alpha value is -0.610. The molecule has 1 amide bonds. The summed E-state index contributed by atoms with van der Waals surface area (Å²) in [5, 5.41) is 17.5. The molecule has 0 aromatic carbocycles. The van der Waals surface area contributed by atoms with Crippen molar-refractivity contribution in [3.05, 3.63) is 0 Å². The van der Waals surface area contributed by atoms with Crippen LogP contribution in [0.1, 0.15) is 13.8 Å². The summed E-state index contributed by atoms with van der Waals surface area (Å²) in [7, 11) is 1.55. The van der Waals surface area contributed by atoms with Gasteiger partial charge in [-0.2, -0.15) is 0 Å². The lowest BCUT2D eigenvalue weighted by atomic mass is 10.2. The second-order valence-electron chi connectivity index (χ2n) is 2.66. The van der Waals surface area contributed by atoms with Gasteiger partial charge in [0.15, 0.2) is 0 Å². The Morgan fingerprint density at radius 1 is 1.55 bits per heavy atom. The molecule has 1 unspecified atom stereocenters. The van der Waals surface area contributed by atoms with Crippen molar-refractivity contribution in [3.63, 3.8) is 0 Å². The summed E-state index contributed by atoms with van der Waals surface area (Å²) in [6, 6.07) is -0.239. The highest BCUT2D eigenvalue weighted by atomic mass is 16.3. The van der Waals surface area contributed by atoms with Gasteiger partial charge in [-0.1, -0.05) is 0 Å². The van der Waals surface area contributed by atoms with Gasteiger partial charge in [-0.25, -0.2) is 0 Å². The average Bonchev–Trinajstić information content (AvgIpc) is 2.00. The first kappa shape index (κ1) is 10.4. The normalized spacial score (nSPS) is 15.7. The van der Waals surface area contributed by atoms with Crippen molar-refractivity contribution in [2.24, 2.45) is 0 Å². The number of carbonyl (C=O) groups excluding carboxylic acids is 1. The van der Waals surface area contributed by atoms with Gasteiger partial charge in [0.1, 0.15) is 6.10 Å². The van der Waals surface area contributed by atoms with Crippen LogP contribution < -0.4 is 0 Å². The van der Waals surface area contributed by atoms with Crippen LogP contribution in [0.15, 0.2) is 0 Å². The maximum atomic E-state index is 11.0. The summed E-state index contributed by atoms with van der Waals surface area (Å²) in [6.45, 7) is 3.03. The molecule has 4 nitrogen and oxygen atoms in total. The number of likely N-dealkylation sites (N-methyl/N-ethyl adjacent to an activating group) is 1. The lowest BCUT2D eigenvalue weighted by molar-refractivity contribution is -0.140. The molecule has 0 spiro atoms. The molecular weight excluding hydrogens is 146 g/mol. The molecule has 4 heteroatoms. The third-order valence-electron chi connectivity index (χ3n) is 1.63. The quantitative estimate of drug-likeness (QED) is 0.570. The van der Waals surface area contributed by atoms with E-state index in [0.717, 1.165) is 0 Å². The minimum absolute atomic E-state index is 0.0883. The van der Waals surface area contributed by atoms with E-state index in [0.29, 0.717) is 0 Å². The molecule has 0 aliphatic heterocycles. The minimum Gasteiger partial charge on any atom is -0.394 e. The Morgan fingerprint density at radius 2 is 2.00 bits per heavy atom. The molecule has 0 aromatic heterocycles. The fourth-order valence-corrected chi connectivity index (χ4v) is 0.634. The summed E-state index contributed by atoms with van der Waals surface area (Å²) >= 11 is 0. The van der Waals surface area contributed by atoms with E-state index in [2.05, 4.69) is 0 Å². The van der Waals surface area contributed by atoms with Crippen molar-refractivity contribution in [2.75, 3.05) is 13.7 Å². The smallest absolute Gasteiger partial charge is 0.251 e. The molecule has 0 saturated carbocycles. The monoisotopic (exact) mass is 161 g/mol. The van der Waals surface area contributed by atoms with E-state index in [1.54, 1.807) is 14.0 Å². The number of aliphatic hydroxyl groups is 2. The fraction of sp³-hybridized carbons (Fsp3) is 0.857. The summed E-state index contributed by atoms with van der Waals surface area (Å²) in [6.07, 6.45) is -0.992. The Balaban J connectivity index is 4.02. The molecule has 0 aromatic rings. The van der Waals surface area contributed by atoms with Gasteiger partial charge in [0.2, 0.25) is 0 Å². The summed E-state index contributed by atoms with van der Waals surface area (Å²) in [5.74, 6) is -0.369. The lowest BCUT2D eigenvalue weighted by Crippen LogP contribution is -2.42. The Kier molecular flexibility index (Phi) is 4.07. The number of rotatable bonds is 3. The van der Waals surface area contributed by atoms with Gasteiger partial charge in [-0.05, 0) is 13.8 Å². The van der Waals surface area contributed by atoms with Crippen LogP contribution >= 0.6 is 0 Å². The van der Waals surface area contributed by atoms with Crippen LogP contribution in [0, 0.1) is 0 Å². The van der Waals surface area contributed by atoms with Crippen LogP contribution in [0.2, 0.25) is 0 Å². The molecule has 0 aliphatic rings. The highest BCUT2D eigenvalue weighted by Crippen LogP contribution is 1.97. The van der Waals surface area contributed by atoms with Crippen LogP contribution in [0.4, 0.5) is 0 Å². The summed E-state index contributed by atoms with van der Waals surface area (Å²) < 4.78 is 0. The van der Waals surface area contributed by atoms with Crippen molar-refractivity contribution >= 4 is 5.91 Å². The SMILES string of the molecule is CC(O)C(=O)N(C)[C@@H](C)CO. The van der Waals surface area contributed by atoms with E-state index < -0.39 is 6.10 Å². The maximum absolute atomic E-state index is 11.0. The van der Waals surface area contributed by atoms with E-state index in [1.807, 2.05) is 0 Å². The average molecular weight is 161 g/mol. The van der Waals surface area contributed by atoms with Crippen molar-refractivity contribution in [3.8, 4) is 0 Å². The van der Waals surface area contributed by atoms with Gasteiger partial charge >= 0.3 is 0 Å². The molecule has 0 aliphatic carbocycles. The highest BCUT2D eigenvalue weighted by molar-refractivity contribution is 5.80. The molecule has 0 rings (SSSR count). The van der Waals surface area contributed by atoms with Gasteiger partial charge in [-0.3, -0.25) is 4.79 Å². The van der Waals surface area contributed by atoms with Crippen LogP contribution in [0.25, 0.3) is 0 Å². The Labute approximate surface area is 66.4 Å². The second kappa shape index (κ2) is 4.31. The van der Waals surface area contributed by atoms with Crippen molar-refractivity contribution < 1.29 is 15.0 Å². The Morgan fingerprint density at radius 3 is 2.27 bits per heavy atom. The topological polar surface area (TPSA) is 60.8 Å². The Bertz CT molecular complexity index is 136. The predicted octanol–water partition coefficient (Wildman–Crippen LogP) is -0.794. The van der Waals surface area contributed by atoms with Gasteiger partial charge in [0.05, 0.1) is 12.6 Å².